The summed E-state index contributed by atoms with van der Waals surface area (Å²) in [7, 11) is 0. The zero-order valence-electron chi connectivity index (χ0n) is 17.3. The maximum Gasteiger partial charge on any atom is 0.255 e. The van der Waals surface area contributed by atoms with Gasteiger partial charge in [0.2, 0.25) is 17.7 Å². The Labute approximate surface area is 183 Å². The van der Waals surface area contributed by atoms with E-state index in [9.17, 15) is 14.4 Å². The fraction of sp³-hybridized carbons (Fsp3) is 0.273. The van der Waals surface area contributed by atoms with Crippen LogP contribution in [0.3, 0.4) is 0 Å². The quantitative estimate of drug-likeness (QED) is 0.607. The molecule has 32 heavy (non-hydrogen) atoms. The molecule has 0 spiro atoms. The monoisotopic (exact) mass is 432 g/mol. The van der Waals surface area contributed by atoms with Crippen LogP contribution < -0.4 is 10.1 Å². The van der Waals surface area contributed by atoms with Crippen molar-refractivity contribution in [2.24, 2.45) is 0 Å². The highest BCUT2D eigenvalue weighted by Crippen LogP contribution is 2.30. The normalized spacial score (nSPS) is 18.0. The number of amides is 3. The molecule has 2 aliphatic rings. The number of benzene rings is 1. The molecule has 5 rings (SSSR count). The molecule has 162 valence electrons. The topological polar surface area (TPSA) is 119 Å². The number of rotatable bonds is 5. The molecule has 2 aromatic heterocycles. The lowest BCUT2D eigenvalue weighted by molar-refractivity contribution is -0.136. The van der Waals surface area contributed by atoms with Gasteiger partial charge in [-0.25, -0.2) is 4.68 Å². The molecule has 2 aliphatic heterocycles. The number of piperidine rings is 1. The number of hydrogen-bond donors (Lipinski definition) is 1. The van der Waals surface area contributed by atoms with Gasteiger partial charge in [0.15, 0.2) is 5.82 Å². The molecule has 1 atom stereocenters. The molecule has 1 fully saturated rings. The summed E-state index contributed by atoms with van der Waals surface area (Å²) >= 11 is 0. The van der Waals surface area contributed by atoms with Gasteiger partial charge in [-0.15, -0.1) is 5.10 Å². The minimum atomic E-state index is -0.638. The van der Waals surface area contributed by atoms with Crippen molar-refractivity contribution in [3.05, 3.63) is 53.7 Å². The average Bonchev–Trinajstić information content (AvgIpc) is 3.40. The van der Waals surface area contributed by atoms with Crippen molar-refractivity contribution in [2.75, 3.05) is 6.61 Å². The number of aromatic nitrogens is 4. The predicted octanol–water partition coefficient (Wildman–Crippen LogP) is 1.49. The maximum absolute atomic E-state index is 12.9. The number of ether oxygens (including phenoxy) is 1. The van der Waals surface area contributed by atoms with E-state index >= 15 is 0 Å². The van der Waals surface area contributed by atoms with Gasteiger partial charge in [0.05, 0.1) is 12.8 Å². The standard InChI is InChI=1S/C22H20N6O4/c1-2-32-20-5-3-4-18(23-20)28-12-16(25-26-28)13-6-7-15-14(10-13)11-27(22(15)31)17-8-9-19(29)24-21(17)30/h3-7,10,12,17H,2,8-9,11H2,1H3,(H,24,29,30). The lowest BCUT2D eigenvalue weighted by atomic mass is 10.0. The van der Waals surface area contributed by atoms with E-state index in [1.54, 1.807) is 29.1 Å². The van der Waals surface area contributed by atoms with Crippen LogP contribution in [0.4, 0.5) is 0 Å². The zero-order valence-corrected chi connectivity index (χ0v) is 17.3. The highest BCUT2D eigenvalue weighted by Gasteiger charge is 2.39. The Kier molecular flexibility index (Phi) is 4.89. The number of pyridine rings is 1. The number of fused-ring (bicyclic) bond motifs is 1. The van der Waals surface area contributed by atoms with Crippen molar-refractivity contribution >= 4 is 17.7 Å². The summed E-state index contributed by atoms with van der Waals surface area (Å²) in [5.74, 6) is 0.151. The molecule has 1 unspecified atom stereocenters. The predicted molar refractivity (Wildman–Crippen MR) is 112 cm³/mol. The van der Waals surface area contributed by atoms with Gasteiger partial charge in [0, 0.05) is 30.2 Å². The van der Waals surface area contributed by atoms with Crippen molar-refractivity contribution in [1.29, 1.82) is 0 Å². The second-order valence-corrected chi connectivity index (χ2v) is 7.59. The van der Waals surface area contributed by atoms with Gasteiger partial charge in [-0.3, -0.25) is 19.7 Å². The average molecular weight is 432 g/mol. The van der Waals surface area contributed by atoms with Crippen LogP contribution in [-0.2, 0) is 16.1 Å². The van der Waals surface area contributed by atoms with Crippen LogP contribution in [0.5, 0.6) is 5.88 Å². The van der Waals surface area contributed by atoms with E-state index in [2.05, 4.69) is 20.6 Å². The summed E-state index contributed by atoms with van der Waals surface area (Å²) in [4.78, 5) is 42.4. The van der Waals surface area contributed by atoms with E-state index in [4.69, 9.17) is 4.74 Å². The van der Waals surface area contributed by atoms with Crippen LogP contribution >= 0.6 is 0 Å². The Morgan fingerprint density at radius 3 is 2.88 bits per heavy atom. The number of carbonyl (C=O) groups excluding carboxylic acids is 3. The minimum Gasteiger partial charge on any atom is -0.478 e. The van der Waals surface area contributed by atoms with Crippen molar-refractivity contribution in [1.82, 2.24) is 30.2 Å². The molecule has 0 bridgehead atoms. The van der Waals surface area contributed by atoms with E-state index in [0.29, 0.717) is 42.5 Å². The van der Waals surface area contributed by atoms with Gasteiger partial charge in [-0.1, -0.05) is 17.3 Å². The highest BCUT2D eigenvalue weighted by molar-refractivity contribution is 6.05. The third kappa shape index (κ3) is 3.49. The molecular formula is C22H20N6O4. The summed E-state index contributed by atoms with van der Waals surface area (Å²) in [5.41, 5.74) is 2.79. The van der Waals surface area contributed by atoms with Gasteiger partial charge in [0.25, 0.3) is 5.91 Å². The highest BCUT2D eigenvalue weighted by atomic mass is 16.5. The molecule has 1 saturated heterocycles. The molecule has 10 heteroatoms. The fourth-order valence-corrected chi connectivity index (χ4v) is 4.00. The van der Waals surface area contributed by atoms with E-state index in [0.717, 1.165) is 11.1 Å². The lowest BCUT2D eigenvalue weighted by Gasteiger charge is -2.29. The third-order valence-corrected chi connectivity index (χ3v) is 5.55. The third-order valence-electron chi connectivity index (χ3n) is 5.55. The van der Waals surface area contributed by atoms with Crippen molar-refractivity contribution < 1.29 is 19.1 Å². The number of imide groups is 1. The molecule has 0 radical (unpaired) electrons. The number of nitrogens with zero attached hydrogens (tertiary/aromatic N) is 5. The van der Waals surface area contributed by atoms with Gasteiger partial charge in [-0.2, -0.15) is 4.98 Å². The summed E-state index contributed by atoms with van der Waals surface area (Å²) in [5, 5.41) is 10.7. The van der Waals surface area contributed by atoms with Crippen molar-refractivity contribution in [2.45, 2.75) is 32.4 Å². The van der Waals surface area contributed by atoms with Gasteiger partial charge >= 0.3 is 0 Å². The van der Waals surface area contributed by atoms with E-state index < -0.39 is 11.9 Å². The molecule has 0 aliphatic carbocycles. The zero-order chi connectivity index (χ0) is 22.2. The molecule has 0 saturated carbocycles. The summed E-state index contributed by atoms with van der Waals surface area (Å²) < 4.78 is 7.00. The summed E-state index contributed by atoms with van der Waals surface area (Å²) in [6.45, 7) is 2.71. The second kappa shape index (κ2) is 7.88. The van der Waals surface area contributed by atoms with Crippen LogP contribution in [-0.4, -0.2) is 55.2 Å². The van der Waals surface area contributed by atoms with Gasteiger partial charge < -0.3 is 9.64 Å². The first-order chi connectivity index (χ1) is 15.5. The fourth-order valence-electron chi connectivity index (χ4n) is 4.00. The van der Waals surface area contributed by atoms with Gasteiger partial charge in [-0.05, 0) is 37.1 Å². The Bertz CT molecular complexity index is 1240. The van der Waals surface area contributed by atoms with Crippen LogP contribution in [0.25, 0.3) is 17.1 Å². The second-order valence-electron chi connectivity index (χ2n) is 7.59. The van der Waals surface area contributed by atoms with Crippen molar-refractivity contribution in [3.8, 4) is 23.0 Å². The largest absolute Gasteiger partial charge is 0.478 e. The first kappa shape index (κ1) is 19.9. The van der Waals surface area contributed by atoms with Crippen LogP contribution in [0.2, 0.25) is 0 Å². The number of carbonyl (C=O) groups is 3. The smallest absolute Gasteiger partial charge is 0.255 e. The first-order valence-corrected chi connectivity index (χ1v) is 10.3. The molecule has 4 heterocycles. The Balaban J connectivity index is 1.39. The SMILES string of the molecule is CCOc1cccc(-n2cc(-c3ccc4c(c3)CN(C3CCC(=O)NC3=O)C4=O)nn2)n1. The Morgan fingerprint density at radius 2 is 2.06 bits per heavy atom. The number of hydrogen-bond acceptors (Lipinski definition) is 7. The molecule has 10 nitrogen and oxygen atoms in total. The van der Waals surface area contributed by atoms with Gasteiger partial charge in [0.1, 0.15) is 11.7 Å². The molecule has 3 aromatic rings. The molecule has 3 amide bonds. The van der Waals surface area contributed by atoms with Crippen molar-refractivity contribution in [3.63, 3.8) is 0 Å². The van der Waals surface area contributed by atoms with E-state index in [1.165, 1.54) is 4.90 Å². The summed E-state index contributed by atoms with van der Waals surface area (Å²) in [6, 6.07) is 10.2. The van der Waals surface area contributed by atoms with Crippen LogP contribution in [0.1, 0.15) is 35.7 Å². The van der Waals surface area contributed by atoms with E-state index in [1.807, 2.05) is 25.1 Å². The number of nitrogens with one attached hydrogen (secondary N) is 1. The Hall–Kier alpha value is -4.08. The molecule has 1 N–H and O–H groups in total. The summed E-state index contributed by atoms with van der Waals surface area (Å²) in [6.07, 6.45) is 2.32. The Morgan fingerprint density at radius 1 is 1.19 bits per heavy atom. The van der Waals surface area contributed by atoms with Crippen LogP contribution in [0, 0.1) is 0 Å². The molecular weight excluding hydrogens is 412 g/mol. The first-order valence-electron chi connectivity index (χ1n) is 10.3. The maximum atomic E-state index is 12.9. The van der Waals surface area contributed by atoms with E-state index in [-0.39, 0.29) is 18.2 Å². The minimum absolute atomic E-state index is 0.207. The lowest BCUT2D eigenvalue weighted by Crippen LogP contribution is -2.52. The molecule has 1 aromatic carbocycles. The van der Waals surface area contributed by atoms with Crippen LogP contribution in [0.15, 0.2) is 42.6 Å².